The average Bonchev–Trinajstić information content (AvgIpc) is 2.98. The maximum absolute atomic E-state index is 6.05. The van der Waals surface area contributed by atoms with Crippen LogP contribution in [-0.2, 0) is 0 Å². The summed E-state index contributed by atoms with van der Waals surface area (Å²) >= 11 is 1.74. The van der Waals surface area contributed by atoms with E-state index in [0.29, 0.717) is 0 Å². The number of nitrogen functional groups attached to an aromatic ring is 1. The third kappa shape index (κ3) is 1.93. The zero-order valence-electron chi connectivity index (χ0n) is 9.97. The summed E-state index contributed by atoms with van der Waals surface area (Å²) in [4.78, 5) is 1.29. The van der Waals surface area contributed by atoms with Gasteiger partial charge >= 0.3 is 0 Å². The van der Waals surface area contributed by atoms with E-state index in [1.165, 1.54) is 4.88 Å². The fourth-order valence-corrected chi connectivity index (χ4v) is 2.71. The molecule has 0 bridgehead atoms. The minimum absolute atomic E-state index is 0.243. The Morgan fingerprint density at radius 2 is 2.33 bits per heavy atom. The van der Waals surface area contributed by atoms with E-state index < -0.39 is 0 Å². The van der Waals surface area contributed by atoms with E-state index in [1.807, 2.05) is 12.1 Å². The second-order valence-corrected chi connectivity index (χ2v) is 5.26. The standard InChI is InChI=1S/C13H14N4S/c1-8(13-3-2-4-18-13)16-12-6-11-9(5-10(12)14)7-15-17-11/h2-8,16H,14H2,1H3,(H,15,17). The number of hydrogen-bond donors (Lipinski definition) is 3. The summed E-state index contributed by atoms with van der Waals surface area (Å²) in [7, 11) is 0. The van der Waals surface area contributed by atoms with E-state index >= 15 is 0 Å². The van der Waals surface area contributed by atoms with Gasteiger partial charge in [0.05, 0.1) is 29.1 Å². The Morgan fingerprint density at radius 3 is 3.11 bits per heavy atom. The number of nitrogens with zero attached hydrogens (tertiary/aromatic N) is 1. The van der Waals surface area contributed by atoms with Crippen LogP contribution in [0.3, 0.4) is 0 Å². The first-order chi connectivity index (χ1) is 8.74. The molecule has 2 heterocycles. The Bertz CT molecular complexity index is 657. The molecule has 0 saturated carbocycles. The number of thiophene rings is 1. The van der Waals surface area contributed by atoms with E-state index in [2.05, 4.69) is 40.0 Å². The van der Waals surface area contributed by atoms with Crippen molar-refractivity contribution in [2.24, 2.45) is 0 Å². The number of benzene rings is 1. The Hall–Kier alpha value is -2.01. The zero-order chi connectivity index (χ0) is 12.5. The Labute approximate surface area is 109 Å². The molecule has 0 aliphatic carbocycles. The van der Waals surface area contributed by atoms with E-state index in [0.717, 1.165) is 22.3 Å². The van der Waals surface area contributed by atoms with Crippen LogP contribution in [0.2, 0.25) is 0 Å². The normalized spacial score (nSPS) is 12.7. The number of anilines is 2. The molecular weight excluding hydrogens is 244 g/mol. The van der Waals surface area contributed by atoms with Crippen molar-refractivity contribution >= 4 is 33.6 Å². The van der Waals surface area contributed by atoms with Crippen molar-refractivity contribution < 1.29 is 0 Å². The molecule has 0 aliphatic heterocycles. The summed E-state index contributed by atoms with van der Waals surface area (Å²) in [5.41, 5.74) is 8.72. The van der Waals surface area contributed by atoms with Gasteiger partial charge in [-0.1, -0.05) is 6.07 Å². The predicted octanol–water partition coefficient (Wildman–Crippen LogP) is 3.38. The van der Waals surface area contributed by atoms with Crippen LogP contribution in [0.5, 0.6) is 0 Å². The molecule has 18 heavy (non-hydrogen) atoms. The molecule has 0 fully saturated rings. The number of aromatic nitrogens is 2. The fourth-order valence-electron chi connectivity index (χ4n) is 1.98. The van der Waals surface area contributed by atoms with Gasteiger partial charge in [-0.3, -0.25) is 5.10 Å². The second kappa shape index (κ2) is 4.34. The van der Waals surface area contributed by atoms with Crippen LogP contribution >= 0.6 is 11.3 Å². The Morgan fingerprint density at radius 1 is 1.44 bits per heavy atom. The summed E-state index contributed by atoms with van der Waals surface area (Å²) < 4.78 is 0. The third-order valence-corrected chi connectivity index (χ3v) is 4.01. The van der Waals surface area contributed by atoms with Gasteiger partial charge in [0, 0.05) is 10.3 Å². The summed E-state index contributed by atoms with van der Waals surface area (Å²) in [6.45, 7) is 2.13. The maximum Gasteiger partial charge on any atom is 0.0672 e. The van der Waals surface area contributed by atoms with E-state index in [9.17, 15) is 0 Å². The van der Waals surface area contributed by atoms with Gasteiger partial charge in [0.15, 0.2) is 0 Å². The number of nitrogens with two attached hydrogens (primary N) is 1. The van der Waals surface area contributed by atoms with Gasteiger partial charge in [0.25, 0.3) is 0 Å². The minimum Gasteiger partial charge on any atom is -0.397 e. The molecule has 1 atom stereocenters. The number of rotatable bonds is 3. The van der Waals surface area contributed by atoms with Crippen LogP contribution < -0.4 is 11.1 Å². The molecule has 3 rings (SSSR count). The van der Waals surface area contributed by atoms with Gasteiger partial charge in [-0.15, -0.1) is 11.3 Å². The SMILES string of the molecule is CC(Nc1cc2[nH]ncc2cc1N)c1cccs1. The van der Waals surface area contributed by atoms with Crippen LogP contribution in [0.1, 0.15) is 17.8 Å². The van der Waals surface area contributed by atoms with Crippen LogP contribution in [0, 0.1) is 0 Å². The van der Waals surface area contributed by atoms with Crippen LogP contribution in [0.4, 0.5) is 11.4 Å². The largest absolute Gasteiger partial charge is 0.397 e. The lowest BCUT2D eigenvalue weighted by Crippen LogP contribution is -2.06. The fraction of sp³-hybridized carbons (Fsp3) is 0.154. The second-order valence-electron chi connectivity index (χ2n) is 4.28. The summed E-state index contributed by atoms with van der Waals surface area (Å²) in [5.74, 6) is 0. The highest BCUT2D eigenvalue weighted by molar-refractivity contribution is 7.10. The maximum atomic E-state index is 6.05. The lowest BCUT2D eigenvalue weighted by atomic mass is 10.2. The number of nitrogens with one attached hydrogen (secondary N) is 2. The quantitative estimate of drug-likeness (QED) is 0.631. The monoisotopic (exact) mass is 258 g/mol. The van der Waals surface area contributed by atoms with E-state index in [1.54, 1.807) is 17.5 Å². The van der Waals surface area contributed by atoms with Crippen molar-refractivity contribution in [3.8, 4) is 0 Å². The molecule has 4 N–H and O–H groups in total. The lowest BCUT2D eigenvalue weighted by molar-refractivity contribution is 0.909. The molecule has 3 aromatic rings. The number of aromatic amines is 1. The Kier molecular flexibility index (Phi) is 2.68. The molecule has 0 aliphatic rings. The summed E-state index contributed by atoms with van der Waals surface area (Å²) in [5, 5.41) is 13.5. The smallest absolute Gasteiger partial charge is 0.0672 e. The number of hydrogen-bond acceptors (Lipinski definition) is 4. The van der Waals surface area contributed by atoms with Crippen molar-refractivity contribution in [1.82, 2.24) is 10.2 Å². The first-order valence-electron chi connectivity index (χ1n) is 5.76. The molecule has 92 valence electrons. The van der Waals surface area contributed by atoms with Gasteiger partial charge in [0.1, 0.15) is 0 Å². The van der Waals surface area contributed by atoms with E-state index in [-0.39, 0.29) is 6.04 Å². The molecule has 0 spiro atoms. The van der Waals surface area contributed by atoms with E-state index in [4.69, 9.17) is 5.73 Å². The van der Waals surface area contributed by atoms with Gasteiger partial charge in [-0.2, -0.15) is 5.10 Å². The van der Waals surface area contributed by atoms with Crippen LogP contribution in [0.25, 0.3) is 10.9 Å². The van der Waals surface area contributed by atoms with Gasteiger partial charge in [0.2, 0.25) is 0 Å². The van der Waals surface area contributed by atoms with Crippen molar-refractivity contribution in [3.63, 3.8) is 0 Å². The molecule has 5 heteroatoms. The van der Waals surface area contributed by atoms with Crippen molar-refractivity contribution in [3.05, 3.63) is 40.7 Å². The third-order valence-electron chi connectivity index (χ3n) is 2.95. The molecule has 0 amide bonds. The number of fused-ring (bicyclic) bond motifs is 1. The highest BCUT2D eigenvalue weighted by Gasteiger charge is 2.09. The van der Waals surface area contributed by atoms with Gasteiger partial charge < -0.3 is 11.1 Å². The molecule has 4 nitrogen and oxygen atoms in total. The Balaban J connectivity index is 1.92. The lowest BCUT2D eigenvalue weighted by Gasteiger charge is -2.15. The molecule has 2 aromatic heterocycles. The molecule has 1 unspecified atom stereocenters. The van der Waals surface area contributed by atoms with Crippen LogP contribution in [-0.4, -0.2) is 10.2 Å². The van der Waals surface area contributed by atoms with Crippen molar-refractivity contribution in [2.45, 2.75) is 13.0 Å². The average molecular weight is 258 g/mol. The minimum atomic E-state index is 0.243. The van der Waals surface area contributed by atoms with Crippen molar-refractivity contribution in [2.75, 3.05) is 11.1 Å². The number of H-pyrrole nitrogens is 1. The van der Waals surface area contributed by atoms with Gasteiger partial charge in [-0.25, -0.2) is 0 Å². The predicted molar refractivity (Wildman–Crippen MR) is 76.9 cm³/mol. The molecule has 0 saturated heterocycles. The highest BCUT2D eigenvalue weighted by Crippen LogP contribution is 2.29. The van der Waals surface area contributed by atoms with Gasteiger partial charge in [-0.05, 0) is 30.5 Å². The highest BCUT2D eigenvalue weighted by atomic mass is 32.1. The first kappa shape index (κ1) is 11.1. The van der Waals surface area contributed by atoms with Crippen molar-refractivity contribution in [1.29, 1.82) is 0 Å². The molecule has 1 aromatic carbocycles. The first-order valence-corrected chi connectivity index (χ1v) is 6.64. The zero-order valence-corrected chi connectivity index (χ0v) is 10.8. The summed E-state index contributed by atoms with van der Waals surface area (Å²) in [6, 6.07) is 8.35. The topological polar surface area (TPSA) is 66.7 Å². The summed E-state index contributed by atoms with van der Waals surface area (Å²) in [6.07, 6.45) is 1.78. The molecule has 0 radical (unpaired) electrons. The molecular formula is C13H14N4S. The van der Waals surface area contributed by atoms with Crippen LogP contribution in [0.15, 0.2) is 35.8 Å².